The van der Waals surface area contributed by atoms with Gasteiger partial charge in [0.15, 0.2) is 11.3 Å². The summed E-state index contributed by atoms with van der Waals surface area (Å²) in [6, 6.07) is 12.9. The van der Waals surface area contributed by atoms with Gasteiger partial charge in [0.25, 0.3) is 0 Å². The third-order valence-corrected chi connectivity index (χ3v) is 11.6. The third-order valence-electron chi connectivity index (χ3n) is 11.4. The molecule has 0 bridgehead atoms. The Bertz CT molecular complexity index is 3140. The van der Waals surface area contributed by atoms with E-state index in [0.29, 0.717) is 39.9 Å². The Hall–Kier alpha value is -6.39. The number of pyridine rings is 2. The van der Waals surface area contributed by atoms with Gasteiger partial charge in [0.1, 0.15) is 41.6 Å². The summed E-state index contributed by atoms with van der Waals surface area (Å²) in [6.45, 7) is 7.52. The maximum atomic E-state index is 14.1. The number of ether oxygens (including phenoxy) is 3. The summed E-state index contributed by atoms with van der Waals surface area (Å²) in [5, 5.41) is 9.36. The molecular weight excluding hydrogens is 888 g/mol. The Morgan fingerprint density at radius 3 is 1.92 bits per heavy atom. The molecule has 8 aromatic rings. The number of nitrogens with zero attached hydrogens (tertiary/aromatic N) is 12. The molecule has 0 N–H and O–H groups in total. The maximum Gasteiger partial charge on any atom is 0.408 e. The van der Waals surface area contributed by atoms with Crippen LogP contribution in [0.3, 0.4) is 0 Å². The molecule has 22 heteroatoms. The molecule has 2 aliphatic heterocycles. The van der Waals surface area contributed by atoms with Gasteiger partial charge in [-0.2, -0.15) is 32.4 Å². The standard InChI is InChI=1S/C22H22ClFN6O2.C22H21F3N6O3/c1-13-8-28(9-14(2)32-13)10-16-5-19-20(25-7-16)29(22(31)30-21(19)26-12-27-30)11-15-3-17(23)6-18(24)4-15;1-33-16-4-2-14(3-5-16)12-30-19-17(20-27-13-28-31(20)21(30)32)10-15(11-26-19)18(22(23,24)25)29-6-8-34-9-7-29/h3-7,12-14H,8-11H2,1-2H3;2-5,10-11,13,18H,6-9,12H2,1H3/t13-,14+;. The molecule has 2 aromatic carbocycles. The predicted molar refractivity (Wildman–Crippen MR) is 234 cm³/mol. The Labute approximate surface area is 377 Å². The van der Waals surface area contributed by atoms with Gasteiger partial charge in [-0.1, -0.05) is 23.7 Å². The fourth-order valence-corrected chi connectivity index (χ4v) is 8.95. The number of morpholine rings is 2. The molecule has 8 heterocycles. The lowest BCUT2D eigenvalue weighted by Crippen LogP contribution is -2.44. The van der Waals surface area contributed by atoms with Crippen LogP contribution in [-0.4, -0.2) is 123 Å². The zero-order valence-electron chi connectivity index (χ0n) is 35.9. The number of halogens is 5. The van der Waals surface area contributed by atoms with Crippen LogP contribution in [0.4, 0.5) is 17.6 Å². The van der Waals surface area contributed by atoms with Crippen LogP contribution in [0.1, 0.15) is 42.1 Å². The average Bonchev–Trinajstić information content (AvgIpc) is 3.99. The molecule has 0 radical (unpaired) electrons. The zero-order chi connectivity index (χ0) is 46.3. The van der Waals surface area contributed by atoms with E-state index in [1.54, 1.807) is 43.6 Å². The van der Waals surface area contributed by atoms with Crippen LogP contribution in [-0.2, 0) is 29.1 Å². The van der Waals surface area contributed by atoms with E-state index in [1.165, 1.54) is 55.6 Å². The first-order valence-electron chi connectivity index (χ1n) is 21.0. The molecule has 0 spiro atoms. The molecule has 0 aliphatic carbocycles. The van der Waals surface area contributed by atoms with Gasteiger partial charge in [0.05, 0.1) is 56.4 Å². The normalized spacial score (nSPS) is 17.9. The van der Waals surface area contributed by atoms with Crippen LogP contribution in [0, 0.1) is 5.82 Å². The molecule has 1 unspecified atom stereocenters. The summed E-state index contributed by atoms with van der Waals surface area (Å²) < 4.78 is 77.6. The lowest BCUT2D eigenvalue weighted by Gasteiger charge is -2.35. The van der Waals surface area contributed by atoms with Crippen LogP contribution < -0.4 is 16.1 Å². The number of rotatable bonds is 9. The lowest BCUT2D eigenvalue weighted by molar-refractivity contribution is -0.194. The molecule has 6 aromatic heterocycles. The fraction of sp³-hybridized carbons (Fsp3) is 0.364. The van der Waals surface area contributed by atoms with E-state index >= 15 is 0 Å². The summed E-state index contributed by atoms with van der Waals surface area (Å²) >= 11 is 6.00. The molecule has 66 heavy (non-hydrogen) atoms. The molecule has 2 fully saturated rings. The Morgan fingerprint density at radius 2 is 1.33 bits per heavy atom. The van der Waals surface area contributed by atoms with E-state index < -0.39 is 29.4 Å². The highest BCUT2D eigenvalue weighted by molar-refractivity contribution is 6.30. The second kappa shape index (κ2) is 18.5. The number of aromatic nitrogens is 10. The van der Waals surface area contributed by atoms with Crippen molar-refractivity contribution in [2.45, 2.75) is 57.9 Å². The first kappa shape index (κ1) is 44.8. The molecule has 3 atom stereocenters. The summed E-state index contributed by atoms with van der Waals surface area (Å²) in [4.78, 5) is 47.2. The summed E-state index contributed by atoms with van der Waals surface area (Å²) in [5.74, 6) is 0.202. The van der Waals surface area contributed by atoms with E-state index in [0.717, 1.165) is 28.7 Å². The van der Waals surface area contributed by atoms with Gasteiger partial charge in [-0.05, 0) is 78.6 Å². The van der Waals surface area contributed by atoms with Gasteiger partial charge in [-0.15, -0.1) is 0 Å². The van der Waals surface area contributed by atoms with E-state index in [-0.39, 0.29) is 73.5 Å². The van der Waals surface area contributed by atoms with Crippen molar-refractivity contribution < 1.29 is 31.8 Å². The van der Waals surface area contributed by atoms with Gasteiger partial charge in [-0.25, -0.2) is 33.9 Å². The van der Waals surface area contributed by atoms with Crippen molar-refractivity contribution in [3.8, 4) is 5.75 Å². The van der Waals surface area contributed by atoms with E-state index in [4.69, 9.17) is 25.8 Å². The molecule has 10 rings (SSSR count). The highest BCUT2D eigenvalue weighted by atomic mass is 35.5. The van der Waals surface area contributed by atoms with Crippen molar-refractivity contribution >= 4 is 45.0 Å². The molecule has 0 saturated carbocycles. The molecule has 0 amide bonds. The number of methoxy groups -OCH3 is 1. The van der Waals surface area contributed by atoms with Crippen molar-refractivity contribution in [3.05, 3.63) is 134 Å². The van der Waals surface area contributed by atoms with Gasteiger partial charge >= 0.3 is 17.6 Å². The summed E-state index contributed by atoms with van der Waals surface area (Å²) in [5.41, 5.74) is 2.72. The minimum atomic E-state index is -4.52. The molecule has 2 saturated heterocycles. The number of fused-ring (bicyclic) bond motifs is 6. The number of benzene rings is 2. The molecule has 17 nitrogen and oxygen atoms in total. The maximum absolute atomic E-state index is 14.1. The van der Waals surface area contributed by atoms with Crippen LogP contribution in [0.2, 0.25) is 5.02 Å². The smallest absolute Gasteiger partial charge is 0.408 e. The van der Waals surface area contributed by atoms with Gasteiger partial charge in [-0.3, -0.25) is 18.9 Å². The van der Waals surface area contributed by atoms with Crippen molar-refractivity contribution in [2.24, 2.45) is 0 Å². The molecule has 2 aliphatic rings. The first-order chi connectivity index (χ1) is 31.7. The van der Waals surface area contributed by atoms with Crippen LogP contribution in [0.5, 0.6) is 5.75 Å². The van der Waals surface area contributed by atoms with Crippen molar-refractivity contribution in [2.75, 3.05) is 46.5 Å². The van der Waals surface area contributed by atoms with Gasteiger partial charge in [0, 0.05) is 50.1 Å². The van der Waals surface area contributed by atoms with Gasteiger partial charge < -0.3 is 14.2 Å². The SMILES string of the molecule is COc1ccc(Cn2c(=O)n3ncnc3c3cc(C(N4CCOCC4)C(F)(F)F)cnc32)cc1.C[C@@H]1CN(Cc2cnc3c(c2)c2ncnn2c(=O)n3Cc2cc(F)cc(Cl)c2)C[C@H](C)O1. The highest BCUT2D eigenvalue weighted by Gasteiger charge is 2.45. The number of hydrogen-bond acceptors (Lipinski definition) is 13. The predicted octanol–water partition coefficient (Wildman–Crippen LogP) is 5.32. The third kappa shape index (κ3) is 9.21. The second-order valence-corrected chi connectivity index (χ2v) is 16.7. The van der Waals surface area contributed by atoms with Crippen molar-refractivity contribution in [3.63, 3.8) is 0 Å². The van der Waals surface area contributed by atoms with Crippen LogP contribution in [0.15, 0.2) is 89.2 Å². The summed E-state index contributed by atoms with van der Waals surface area (Å²) in [6.07, 6.45) is 1.31. The Balaban J connectivity index is 0.000000166. The van der Waals surface area contributed by atoms with Crippen LogP contribution >= 0.6 is 11.6 Å². The molecular formula is C44H43ClF4N12O5. The average molecular weight is 931 g/mol. The van der Waals surface area contributed by atoms with E-state index in [1.807, 2.05) is 6.07 Å². The van der Waals surface area contributed by atoms with Crippen LogP contribution in [0.25, 0.3) is 33.4 Å². The Morgan fingerprint density at radius 1 is 0.742 bits per heavy atom. The topological polar surface area (TPSA) is 164 Å². The number of hydrogen-bond donors (Lipinski definition) is 0. The van der Waals surface area contributed by atoms with Crippen molar-refractivity contribution in [1.82, 2.24) is 58.1 Å². The quantitative estimate of drug-likeness (QED) is 0.171. The monoisotopic (exact) mass is 930 g/mol. The number of alkyl halides is 3. The lowest BCUT2D eigenvalue weighted by atomic mass is 10.0. The van der Waals surface area contributed by atoms with E-state index in [2.05, 4.69) is 48.9 Å². The minimum absolute atomic E-state index is 0.0264. The largest absolute Gasteiger partial charge is 0.497 e. The highest BCUT2D eigenvalue weighted by Crippen LogP contribution is 2.39. The van der Waals surface area contributed by atoms with Crippen molar-refractivity contribution in [1.29, 1.82) is 0 Å². The zero-order valence-corrected chi connectivity index (χ0v) is 36.7. The van der Waals surface area contributed by atoms with Gasteiger partial charge in [0.2, 0.25) is 0 Å². The van der Waals surface area contributed by atoms with E-state index in [9.17, 15) is 27.2 Å². The minimum Gasteiger partial charge on any atom is -0.497 e. The fourth-order valence-electron chi connectivity index (χ4n) is 8.71. The Kier molecular flexibility index (Phi) is 12.5. The molecule has 344 valence electrons. The summed E-state index contributed by atoms with van der Waals surface area (Å²) in [7, 11) is 1.55. The second-order valence-electron chi connectivity index (χ2n) is 16.3. The first-order valence-corrected chi connectivity index (χ1v) is 21.4.